The number of benzene rings is 2. The van der Waals surface area contributed by atoms with E-state index in [0.717, 1.165) is 52.7 Å². The molecule has 0 bridgehead atoms. The normalized spacial score (nSPS) is 18.5. The van der Waals surface area contributed by atoms with Crippen LogP contribution in [-0.4, -0.2) is 41.4 Å². The van der Waals surface area contributed by atoms with Gasteiger partial charge in [-0.15, -0.1) is 0 Å². The summed E-state index contributed by atoms with van der Waals surface area (Å²) in [6.45, 7) is -1.09. The molecule has 2 aromatic heterocycles. The molecule has 1 atom stereocenters. The fourth-order valence-corrected chi connectivity index (χ4v) is 5.77. The van der Waals surface area contributed by atoms with Gasteiger partial charge in [-0.1, -0.05) is 12.1 Å². The summed E-state index contributed by atoms with van der Waals surface area (Å²) in [7, 11) is -4.49. The summed E-state index contributed by atoms with van der Waals surface area (Å²) in [4.78, 5) is 25.7. The summed E-state index contributed by atoms with van der Waals surface area (Å²) in [6.07, 6.45) is 7.49. The van der Waals surface area contributed by atoms with Crippen LogP contribution >= 0.6 is 0 Å². The minimum Gasteiger partial charge on any atom is -0.372 e. The molecule has 194 valence electrons. The van der Waals surface area contributed by atoms with Crippen molar-refractivity contribution in [2.24, 2.45) is 0 Å². The second kappa shape index (κ2) is 9.48. The second-order valence-corrected chi connectivity index (χ2v) is 11.5. The quantitative estimate of drug-likeness (QED) is 0.406. The predicted molar refractivity (Wildman–Crippen MR) is 134 cm³/mol. The van der Waals surface area contributed by atoms with E-state index in [0.29, 0.717) is 11.6 Å². The van der Waals surface area contributed by atoms with Crippen LogP contribution in [0.25, 0.3) is 22.0 Å². The van der Waals surface area contributed by atoms with Crippen molar-refractivity contribution in [2.45, 2.75) is 42.3 Å². The zero-order chi connectivity index (χ0) is 26.4. The predicted octanol–water partition coefficient (Wildman–Crippen LogP) is 4.24. The van der Waals surface area contributed by atoms with E-state index in [-0.39, 0.29) is 17.7 Å². The second-order valence-electron chi connectivity index (χ2n) is 9.43. The monoisotopic (exact) mass is 536 g/mol. The number of rotatable bonds is 5. The first-order valence-corrected chi connectivity index (χ1v) is 13.6. The fourth-order valence-electron chi connectivity index (χ4n) is 4.43. The standard InChI is InChI=1S/C27H22F2N4O4S/c28-22-7-19(8-25-21(22)13-37-14-26(29)38(25,35)36)27(34)32-10-20-6-18-5-16(3-4-17(18)9-31-20)24-12-30-11-23(33-24)15-1-2-15/h3-9,11-12,15,26H,1-2,10,13-14H2,(H,32,34)/t26-/m1/s1. The molecule has 38 heavy (non-hydrogen) atoms. The van der Waals surface area contributed by atoms with Gasteiger partial charge in [-0.3, -0.25) is 14.8 Å². The van der Waals surface area contributed by atoms with Gasteiger partial charge in [0, 0.05) is 40.4 Å². The zero-order valence-electron chi connectivity index (χ0n) is 20.0. The van der Waals surface area contributed by atoms with Gasteiger partial charge in [0.05, 0.1) is 47.9 Å². The molecule has 1 fully saturated rings. The summed E-state index contributed by atoms with van der Waals surface area (Å²) in [5, 5.41) is 4.42. The van der Waals surface area contributed by atoms with E-state index in [9.17, 15) is 22.0 Å². The number of nitrogens with one attached hydrogen (secondary N) is 1. The summed E-state index contributed by atoms with van der Waals surface area (Å²) >= 11 is 0. The lowest BCUT2D eigenvalue weighted by atomic mass is 10.1. The highest BCUT2D eigenvalue weighted by Crippen LogP contribution is 2.39. The lowest BCUT2D eigenvalue weighted by Crippen LogP contribution is -2.25. The third kappa shape index (κ3) is 4.63. The van der Waals surface area contributed by atoms with Crippen molar-refractivity contribution in [2.75, 3.05) is 6.61 Å². The molecule has 0 radical (unpaired) electrons. The fraction of sp³-hybridized carbons (Fsp3) is 0.259. The van der Waals surface area contributed by atoms with E-state index in [1.807, 2.05) is 30.5 Å². The molecule has 11 heteroatoms. The Morgan fingerprint density at radius 2 is 1.92 bits per heavy atom. The highest BCUT2D eigenvalue weighted by Gasteiger charge is 2.35. The molecular weight excluding hydrogens is 514 g/mol. The third-order valence-corrected chi connectivity index (χ3v) is 8.50. The summed E-state index contributed by atoms with van der Waals surface area (Å²) in [6, 6.07) is 9.60. The molecule has 2 aromatic carbocycles. The van der Waals surface area contributed by atoms with Crippen molar-refractivity contribution < 1.29 is 26.7 Å². The van der Waals surface area contributed by atoms with Crippen molar-refractivity contribution in [3.63, 3.8) is 0 Å². The van der Waals surface area contributed by atoms with E-state index in [1.165, 1.54) is 0 Å². The topological polar surface area (TPSA) is 111 Å². The maximum Gasteiger partial charge on any atom is 0.251 e. The number of carbonyl (C=O) groups excluding carboxylic acids is 1. The highest BCUT2D eigenvalue weighted by molar-refractivity contribution is 7.92. The molecule has 0 unspecified atom stereocenters. The number of hydrogen-bond donors (Lipinski definition) is 1. The molecule has 0 saturated heterocycles. The maximum atomic E-state index is 14.7. The summed E-state index contributed by atoms with van der Waals surface area (Å²) in [5.74, 6) is -1.18. The Morgan fingerprint density at radius 1 is 1.08 bits per heavy atom. The number of sulfone groups is 1. The maximum absolute atomic E-state index is 14.7. The van der Waals surface area contributed by atoms with E-state index >= 15 is 0 Å². The van der Waals surface area contributed by atoms with Crippen LogP contribution in [0.5, 0.6) is 0 Å². The van der Waals surface area contributed by atoms with Crippen LogP contribution in [0.1, 0.15) is 46.1 Å². The molecule has 4 aromatic rings. The van der Waals surface area contributed by atoms with Gasteiger partial charge >= 0.3 is 0 Å². The Balaban J connectivity index is 1.23. The first-order valence-electron chi connectivity index (χ1n) is 12.1. The number of pyridine rings is 1. The van der Waals surface area contributed by atoms with Gasteiger partial charge in [-0.25, -0.2) is 22.2 Å². The number of fused-ring (bicyclic) bond motifs is 2. The Morgan fingerprint density at radius 3 is 2.74 bits per heavy atom. The van der Waals surface area contributed by atoms with Crippen molar-refractivity contribution in [3.05, 3.63) is 83.3 Å². The number of carbonyl (C=O) groups is 1. The van der Waals surface area contributed by atoms with Gasteiger partial charge in [0.1, 0.15) is 5.82 Å². The smallest absolute Gasteiger partial charge is 0.251 e. The highest BCUT2D eigenvalue weighted by atomic mass is 32.2. The van der Waals surface area contributed by atoms with Gasteiger partial charge in [0.2, 0.25) is 15.3 Å². The molecule has 1 saturated carbocycles. The average Bonchev–Trinajstić information content (AvgIpc) is 3.78. The zero-order valence-corrected chi connectivity index (χ0v) is 20.8. The number of ether oxygens (including phenoxy) is 1. The van der Waals surface area contributed by atoms with Crippen molar-refractivity contribution >= 4 is 26.5 Å². The van der Waals surface area contributed by atoms with Crippen LogP contribution in [0.3, 0.4) is 0 Å². The molecule has 1 aliphatic carbocycles. The number of nitrogens with zero attached hydrogens (tertiary/aromatic N) is 3. The number of alkyl halides is 1. The number of halogens is 2. The Kier molecular flexibility index (Phi) is 6.11. The van der Waals surface area contributed by atoms with Crippen LogP contribution in [0.2, 0.25) is 0 Å². The van der Waals surface area contributed by atoms with E-state index in [4.69, 9.17) is 9.72 Å². The summed E-state index contributed by atoms with van der Waals surface area (Å²) in [5.41, 5.74) is 0.361. The minimum absolute atomic E-state index is 0.0102. The molecule has 0 spiro atoms. The molecule has 6 rings (SSSR count). The average molecular weight is 537 g/mol. The Bertz CT molecular complexity index is 1690. The Hall–Kier alpha value is -3.83. The van der Waals surface area contributed by atoms with Gasteiger partial charge in [0.15, 0.2) is 0 Å². The number of aromatic nitrogens is 3. The minimum atomic E-state index is -4.49. The van der Waals surface area contributed by atoms with E-state index in [1.54, 1.807) is 12.4 Å². The molecule has 1 aliphatic heterocycles. The largest absolute Gasteiger partial charge is 0.372 e. The van der Waals surface area contributed by atoms with Crippen LogP contribution in [-0.2, 0) is 27.7 Å². The number of hydrogen-bond acceptors (Lipinski definition) is 7. The van der Waals surface area contributed by atoms with Gasteiger partial charge in [-0.2, -0.15) is 0 Å². The first kappa shape index (κ1) is 24.5. The molecule has 1 amide bonds. The molecule has 1 N–H and O–H groups in total. The van der Waals surface area contributed by atoms with Crippen LogP contribution in [0.15, 0.2) is 59.9 Å². The van der Waals surface area contributed by atoms with E-state index < -0.39 is 45.2 Å². The lowest BCUT2D eigenvalue weighted by molar-refractivity contribution is 0.0938. The van der Waals surface area contributed by atoms with Crippen LogP contribution in [0.4, 0.5) is 8.78 Å². The third-order valence-electron chi connectivity index (χ3n) is 6.71. The van der Waals surface area contributed by atoms with Crippen molar-refractivity contribution in [1.29, 1.82) is 0 Å². The Labute approximate surface area is 217 Å². The first-order chi connectivity index (χ1) is 18.3. The molecule has 8 nitrogen and oxygen atoms in total. The lowest BCUT2D eigenvalue weighted by Gasteiger charge is -2.11. The van der Waals surface area contributed by atoms with Crippen LogP contribution < -0.4 is 5.32 Å². The summed E-state index contributed by atoms with van der Waals surface area (Å²) < 4.78 is 58.6. The molecule has 3 heterocycles. The van der Waals surface area contributed by atoms with Crippen molar-refractivity contribution in [1.82, 2.24) is 20.3 Å². The van der Waals surface area contributed by atoms with Crippen molar-refractivity contribution in [3.8, 4) is 11.3 Å². The number of amides is 1. The van der Waals surface area contributed by atoms with Crippen LogP contribution in [0, 0.1) is 5.82 Å². The van der Waals surface area contributed by atoms with Gasteiger partial charge in [0.25, 0.3) is 5.91 Å². The SMILES string of the molecule is O=C(NCc1cc2cc(-c3cncc(C4CC4)n3)ccc2cn1)c1cc(F)c2c(c1)S(=O)(=O)[C@@H](F)COC2. The van der Waals surface area contributed by atoms with Gasteiger partial charge in [-0.05, 0) is 42.5 Å². The molecule has 2 aliphatic rings. The van der Waals surface area contributed by atoms with E-state index in [2.05, 4.69) is 15.3 Å². The van der Waals surface area contributed by atoms with Gasteiger partial charge < -0.3 is 10.1 Å². The molecular formula is C27H22F2N4O4S.